The lowest BCUT2D eigenvalue weighted by molar-refractivity contribution is -0.384. The molecule has 2 rings (SSSR count). The largest absolute Gasteiger partial charge is 0.271 e. The molecule has 0 atom stereocenters. The van der Waals surface area contributed by atoms with E-state index in [-0.39, 0.29) is 11.3 Å². The minimum atomic E-state index is -0.538. The van der Waals surface area contributed by atoms with Crippen molar-refractivity contribution < 1.29 is 9.72 Å². The van der Waals surface area contributed by atoms with E-state index < -0.39 is 10.8 Å². The Morgan fingerprint density at radius 1 is 1.14 bits per heavy atom. The maximum absolute atomic E-state index is 11.8. The molecule has 22 heavy (non-hydrogen) atoms. The van der Waals surface area contributed by atoms with Gasteiger partial charge in [0.05, 0.1) is 21.2 Å². The van der Waals surface area contributed by atoms with Crippen molar-refractivity contribution in [3.05, 3.63) is 73.8 Å². The minimum Gasteiger partial charge on any atom is -0.267 e. The van der Waals surface area contributed by atoms with E-state index in [9.17, 15) is 14.9 Å². The highest BCUT2D eigenvalue weighted by Gasteiger charge is 2.08. The lowest BCUT2D eigenvalue weighted by Gasteiger charge is -2.00. The number of nitrogens with one attached hydrogen (secondary N) is 1. The Hall–Kier alpha value is -2.44. The van der Waals surface area contributed by atoms with Crippen LogP contribution < -0.4 is 5.43 Å². The molecule has 0 aliphatic heterocycles. The van der Waals surface area contributed by atoms with Crippen molar-refractivity contribution in [2.24, 2.45) is 5.10 Å². The van der Waals surface area contributed by atoms with Crippen LogP contribution in [0.4, 0.5) is 5.69 Å². The predicted octanol–water partition coefficient (Wildman–Crippen LogP) is 3.67. The molecule has 0 bridgehead atoms. The number of hydrogen-bond donors (Lipinski definition) is 1. The van der Waals surface area contributed by atoms with Crippen molar-refractivity contribution in [3.63, 3.8) is 0 Å². The summed E-state index contributed by atoms with van der Waals surface area (Å²) in [6.45, 7) is 0. The maximum Gasteiger partial charge on any atom is 0.271 e. The average Bonchev–Trinajstić information content (AvgIpc) is 2.51. The molecule has 0 aliphatic carbocycles. The molecule has 0 saturated heterocycles. The lowest BCUT2D eigenvalue weighted by atomic mass is 10.2. The fourth-order valence-corrected chi connectivity index (χ4v) is 1.86. The molecule has 0 aliphatic rings. The second-order valence-electron chi connectivity index (χ2n) is 4.18. The summed E-state index contributed by atoms with van der Waals surface area (Å²) in [7, 11) is 0. The van der Waals surface area contributed by atoms with Crippen LogP contribution in [0.15, 0.2) is 47.6 Å². The summed E-state index contributed by atoms with van der Waals surface area (Å²) >= 11 is 11.6. The zero-order valence-electron chi connectivity index (χ0n) is 11.0. The summed E-state index contributed by atoms with van der Waals surface area (Å²) in [6.07, 6.45) is 1.41. The molecular weight excluding hydrogens is 329 g/mol. The highest BCUT2D eigenvalue weighted by Crippen LogP contribution is 2.21. The smallest absolute Gasteiger partial charge is 0.267 e. The van der Waals surface area contributed by atoms with Gasteiger partial charge in [0.25, 0.3) is 11.6 Å². The fourth-order valence-electron chi connectivity index (χ4n) is 1.56. The number of carbonyl (C=O) groups excluding carboxylic acids is 1. The standard InChI is InChI=1S/C14H9Cl2N3O3/c15-12-6-1-9(7-13(12)16)8-17-18-14(20)10-2-4-11(5-3-10)19(21)22/h1-8H,(H,18,20)/b17-8+. The molecule has 0 spiro atoms. The summed E-state index contributed by atoms with van der Waals surface area (Å²) in [5.74, 6) is -0.480. The van der Waals surface area contributed by atoms with Gasteiger partial charge in [-0.15, -0.1) is 0 Å². The number of benzene rings is 2. The van der Waals surface area contributed by atoms with E-state index in [1.165, 1.54) is 30.5 Å². The van der Waals surface area contributed by atoms with Gasteiger partial charge >= 0.3 is 0 Å². The van der Waals surface area contributed by atoms with Gasteiger partial charge in [0.15, 0.2) is 0 Å². The van der Waals surface area contributed by atoms with Crippen molar-refractivity contribution >= 4 is 41.0 Å². The molecule has 0 heterocycles. The Morgan fingerprint density at radius 2 is 1.82 bits per heavy atom. The number of halogens is 2. The van der Waals surface area contributed by atoms with E-state index in [2.05, 4.69) is 10.5 Å². The number of nitro benzene ring substituents is 1. The first kappa shape index (κ1) is 15.9. The minimum absolute atomic E-state index is 0.0872. The van der Waals surface area contributed by atoms with E-state index in [1.54, 1.807) is 18.2 Å². The lowest BCUT2D eigenvalue weighted by Crippen LogP contribution is -2.17. The number of amides is 1. The number of hydrogen-bond acceptors (Lipinski definition) is 4. The van der Waals surface area contributed by atoms with Gasteiger partial charge in [-0.1, -0.05) is 29.3 Å². The molecule has 1 amide bonds. The number of nitrogens with zero attached hydrogens (tertiary/aromatic N) is 2. The number of carbonyl (C=O) groups is 1. The van der Waals surface area contributed by atoms with Gasteiger partial charge in [-0.05, 0) is 29.8 Å². The number of non-ortho nitro benzene ring substituents is 1. The Balaban J connectivity index is 2.01. The SMILES string of the molecule is O=C(N/N=C/c1ccc(Cl)c(Cl)c1)c1ccc([N+](=O)[O-])cc1. The van der Waals surface area contributed by atoms with Crippen LogP contribution in [0.3, 0.4) is 0 Å². The second kappa shape index (κ2) is 7.02. The Kier molecular flexibility index (Phi) is 5.08. The molecule has 2 aromatic carbocycles. The fraction of sp³-hybridized carbons (Fsp3) is 0. The van der Waals surface area contributed by atoms with E-state index in [0.29, 0.717) is 15.6 Å². The topological polar surface area (TPSA) is 84.6 Å². The summed E-state index contributed by atoms with van der Waals surface area (Å²) in [6, 6.07) is 10.1. The van der Waals surface area contributed by atoms with Crippen LogP contribution in [0, 0.1) is 10.1 Å². The van der Waals surface area contributed by atoms with Gasteiger partial charge < -0.3 is 0 Å². The molecule has 0 radical (unpaired) electrons. The predicted molar refractivity (Wildman–Crippen MR) is 84.6 cm³/mol. The van der Waals surface area contributed by atoms with Gasteiger partial charge in [-0.25, -0.2) is 5.43 Å². The molecule has 112 valence electrons. The van der Waals surface area contributed by atoms with Crippen molar-refractivity contribution in [3.8, 4) is 0 Å². The molecule has 0 aromatic heterocycles. The summed E-state index contributed by atoms with van der Waals surface area (Å²) in [5, 5.41) is 15.1. The molecule has 0 unspecified atom stereocenters. The van der Waals surface area contributed by atoms with Crippen LogP contribution in [0.5, 0.6) is 0 Å². The Morgan fingerprint density at radius 3 is 2.41 bits per heavy atom. The van der Waals surface area contributed by atoms with E-state index in [1.807, 2.05) is 0 Å². The van der Waals surface area contributed by atoms with Crippen molar-refractivity contribution in [2.45, 2.75) is 0 Å². The highest BCUT2D eigenvalue weighted by molar-refractivity contribution is 6.42. The highest BCUT2D eigenvalue weighted by atomic mass is 35.5. The van der Waals surface area contributed by atoms with Crippen LogP contribution in [0.1, 0.15) is 15.9 Å². The molecule has 0 fully saturated rings. The van der Waals surface area contributed by atoms with Gasteiger partial charge in [0, 0.05) is 17.7 Å². The van der Waals surface area contributed by atoms with Crippen molar-refractivity contribution in [1.82, 2.24) is 5.43 Å². The van der Waals surface area contributed by atoms with Gasteiger partial charge in [-0.3, -0.25) is 14.9 Å². The summed E-state index contributed by atoms with van der Waals surface area (Å²) in [4.78, 5) is 21.8. The third-order valence-corrected chi connectivity index (χ3v) is 3.40. The number of hydrazone groups is 1. The first-order chi connectivity index (χ1) is 10.5. The summed E-state index contributed by atoms with van der Waals surface area (Å²) < 4.78 is 0. The molecule has 6 nitrogen and oxygen atoms in total. The third kappa shape index (κ3) is 4.03. The molecule has 8 heteroatoms. The monoisotopic (exact) mass is 337 g/mol. The third-order valence-electron chi connectivity index (χ3n) is 2.66. The number of rotatable bonds is 4. The second-order valence-corrected chi connectivity index (χ2v) is 4.99. The first-order valence-electron chi connectivity index (χ1n) is 6.00. The quantitative estimate of drug-likeness (QED) is 0.524. The van der Waals surface area contributed by atoms with E-state index >= 15 is 0 Å². The molecule has 0 saturated carbocycles. The number of nitro groups is 1. The van der Waals surface area contributed by atoms with E-state index in [0.717, 1.165) is 0 Å². The van der Waals surface area contributed by atoms with Crippen LogP contribution in [-0.2, 0) is 0 Å². The van der Waals surface area contributed by atoms with Crippen LogP contribution in [0.2, 0.25) is 10.0 Å². The van der Waals surface area contributed by atoms with Gasteiger partial charge in [0.1, 0.15) is 0 Å². The van der Waals surface area contributed by atoms with Gasteiger partial charge in [0.2, 0.25) is 0 Å². The van der Waals surface area contributed by atoms with Gasteiger partial charge in [-0.2, -0.15) is 5.10 Å². The van der Waals surface area contributed by atoms with Crippen LogP contribution >= 0.6 is 23.2 Å². The average molecular weight is 338 g/mol. The summed E-state index contributed by atoms with van der Waals surface area (Å²) in [5.41, 5.74) is 3.15. The van der Waals surface area contributed by atoms with Crippen molar-refractivity contribution in [2.75, 3.05) is 0 Å². The van der Waals surface area contributed by atoms with Crippen LogP contribution in [0.25, 0.3) is 0 Å². The zero-order valence-corrected chi connectivity index (χ0v) is 12.5. The van der Waals surface area contributed by atoms with E-state index in [4.69, 9.17) is 23.2 Å². The first-order valence-corrected chi connectivity index (χ1v) is 6.76. The zero-order chi connectivity index (χ0) is 16.1. The van der Waals surface area contributed by atoms with Crippen LogP contribution in [-0.4, -0.2) is 17.0 Å². The maximum atomic E-state index is 11.8. The Labute approximate surface area is 135 Å². The van der Waals surface area contributed by atoms with Crippen molar-refractivity contribution in [1.29, 1.82) is 0 Å². The molecule has 2 aromatic rings. The molecule has 1 N–H and O–H groups in total. The molecular formula is C14H9Cl2N3O3. The Bertz CT molecular complexity index is 745. The normalized spacial score (nSPS) is 10.6.